The summed E-state index contributed by atoms with van der Waals surface area (Å²) < 4.78 is 1.62. The van der Waals surface area contributed by atoms with Crippen LogP contribution in [0.1, 0.15) is 0 Å². The summed E-state index contributed by atoms with van der Waals surface area (Å²) in [6, 6.07) is 17.7. The van der Waals surface area contributed by atoms with Gasteiger partial charge in [0, 0.05) is 22.8 Å². The Bertz CT molecular complexity index is 842. The van der Waals surface area contributed by atoms with Crippen LogP contribution in [0, 0.1) is 5.41 Å². The number of nitrogens with one attached hydrogen (secondary N) is 2. The summed E-state index contributed by atoms with van der Waals surface area (Å²) in [7, 11) is 0. The molecule has 0 unspecified atom stereocenters. The number of aromatic nitrogens is 1. The predicted octanol–water partition coefficient (Wildman–Crippen LogP) is 0.339. The number of benzene rings is 2. The first-order chi connectivity index (χ1) is 10.7. The average molecular weight is 345 g/mol. The number of hydrogen-bond donors (Lipinski definition) is 2. The minimum absolute atomic E-state index is 0. The number of carbonyl (C=O) groups excluding carboxylic acids is 1. The van der Waals surface area contributed by atoms with Crippen molar-refractivity contribution in [3.8, 4) is 11.1 Å². The first-order valence-corrected chi connectivity index (χ1v) is 7.75. The summed E-state index contributed by atoms with van der Waals surface area (Å²) in [5, 5.41) is 12.4. The summed E-state index contributed by atoms with van der Waals surface area (Å²) in [6.45, 7) is 0.144. The zero-order chi connectivity index (χ0) is 15.4. The van der Waals surface area contributed by atoms with Gasteiger partial charge in [-0.2, -0.15) is 0 Å². The van der Waals surface area contributed by atoms with Gasteiger partial charge in [0.1, 0.15) is 6.54 Å². The Morgan fingerprint density at radius 3 is 2.48 bits per heavy atom. The Hall–Kier alpha value is -2.37. The van der Waals surface area contributed by atoms with Crippen molar-refractivity contribution >= 4 is 22.9 Å². The van der Waals surface area contributed by atoms with Gasteiger partial charge in [-0.25, -0.2) is 0 Å². The molecule has 1 aromatic heterocycles. The highest BCUT2D eigenvalue weighted by atomic mass is 35.5. The van der Waals surface area contributed by atoms with Gasteiger partial charge in [0.05, 0.1) is 0 Å². The monoisotopic (exact) mass is 344 g/mol. The summed E-state index contributed by atoms with van der Waals surface area (Å²) in [5.41, 5.74) is 2.82. The normalized spacial score (nSPS) is 9.91. The third-order valence-electron chi connectivity index (χ3n) is 3.28. The molecule has 0 saturated carbocycles. The lowest BCUT2D eigenvalue weighted by molar-refractivity contribution is -0.116. The lowest BCUT2D eigenvalue weighted by Gasteiger charge is -2.11. The van der Waals surface area contributed by atoms with E-state index in [1.54, 1.807) is 16.1 Å². The van der Waals surface area contributed by atoms with E-state index < -0.39 is 0 Å². The lowest BCUT2D eigenvalue weighted by atomic mass is 10.0. The van der Waals surface area contributed by atoms with E-state index in [9.17, 15) is 4.79 Å². The molecule has 4 nitrogen and oxygen atoms in total. The number of halogens is 1. The van der Waals surface area contributed by atoms with E-state index in [2.05, 4.69) is 5.32 Å². The number of hydrogen-bond acceptors (Lipinski definition) is 3. The summed E-state index contributed by atoms with van der Waals surface area (Å²) in [5.74, 6) is -0.139. The van der Waals surface area contributed by atoms with E-state index in [1.807, 2.05) is 54.6 Å². The predicted molar refractivity (Wildman–Crippen MR) is 88.7 cm³/mol. The Labute approximate surface area is 144 Å². The van der Waals surface area contributed by atoms with Crippen LogP contribution in [0.25, 0.3) is 11.1 Å². The topological polar surface area (TPSA) is 57.9 Å². The minimum Gasteiger partial charge on any atom is -1.00 e. The number of amides is 1. The molecule has 0 radical (unpaired) electrons. The van der Waals surface area contributed by atoms with Crippen molar-refractivity contribution in [1.29, 1.82) is 5.41 Å². The third-order valence-corrected chi connectivity index (χ3v) is 4.00. The Kier molecular flexibility index (Phi) is 5.73. The molecular formula is C17H15ClN3OS-. The molecule has 23 heavy (non-hydrogen) atoms. The van der Waals surface area contributed by atoms with Crippen LogP contribution in [0.2, 0.25) is 0 Å². The van der Waals surface area contributed by atoms with Crippen LogP contribution >= 0.6 is 11.3 Å². The Morgan fingerprint density at radius 2 is 1.78 bits per heavy atom. The average Bonchev–Trinajstić information content (AvgIpc) is 2.94. The second kappa shape index (κ2) is 7.76. The van der Waals surface area contributed by atoms with Crippen molar-refractivity contribution in [3.63, 3.8) is 0 Å². The van der Waals surface area contributed by atoms with Gasteiger partial charge in [0.25, 0.3) is 0 Å². The molecule has 6 heteroatoms. The second-order valence-electron chi connectivity index (χ2n) is 4.80. The van der Waals surface area contributed by atoms with E-state index in [0.717, 1.165) is 16.8 Å². The molecule has 0 saturated heterocycles. The van der Waals surface area contributed by atoms with E-state index in [-0.39, 0.29) is 24.9 Å². The molecule has 3 aromatic rings. The molecule has 0 fully saturated rings. The summed E-state index contributed by atoms with van der Waals surface area (Å²) in [6.07, 6.45) is 1.75. The van der Waals surface area contributed by atoms with Crippen LogP contribution in [0.5, 0.6) is 0 Å². The van der Waals surface area contributed by atoms with Gasteiger partial charge in [-0.05, 0) is 11.6 Å². The molecule has 0 aliphatic rings. The SMILES string of the molecule is N=c1sccn1CC(=O)Nc1ccccc1-c1ccccc1.[Cl-]. The molecule has 2 aromatic carbocycles. The van der Waals surface area contributed by atoms with Gasteiger partial charge in [-0.15, -0.1) is 11.3 Å². The van der Waals surface area contributed by atoms with Crippen molar-refractivity contribution in [2.45, 2.75) is 6.54 Å². The number of para-hydroxylation sites is 1. The molecule has 0 bridgehead atoms. The number of thiazole rings is 1. The van der Waals surface area contributed by atoms with Gasteiger partial charge >= 0.3 is 0 Å². The highest BCUT2D eigenvalue weighted by Gasteiger charge is 2.09. The van der Waals surface area contributed by atoms with Gasteiger partial charge < -0.3 is 22.3 Å². The quantitative estimate of drug-likeness (QED) is 0.704. The van der Waals surface area contributed by atoms with Crippen LogP contribution in [0.15, 0.2) is 66.2 Å². The zero-order valence-corrected chi connectivity index (χ0v) is 13.8. The molecule has 118 valence electrons. The maximum absolute atomic E-state index is 12.2. The van der Waals surface area contributed by atoms with Gasteiger partial charge in [0.2, 0.25) is 5.91 Å². The standard InChI is InChI=1S/C17H15N3OS.ClH/c18-17-20(10-11-22-17)12-16(21)19-15-9-5-4-8-14(15)13-6-2-1-3-7-13;/h1-11,18H,12H2,(H,19,21);1H/p-1. The van der Waals surface area contributed by atoms with E-state index >= 15 is 0 Å². The lowest BCUT2D eigenvalue weighted by Crippen LogP contribution is -3.00. The fourth-order valence-corrected chi connectivity index (χ4v) is 2.83. The number of rotatable bonds is 4. The second-order valence-corrected chi connectivity index (χ2v) is 5.69. The van der Waals surface area contributed by atoms with Gasteiger partial charge in [-0.3, -0.25) is 10.2 Å². The van der Waals surface area contributed by atoms with Crippen molar-refractivity contribution in [2.24, 2.45) is 0 Å². The fraction of sp³-hybridized carbons (Fsp3) is 0.0588. The molecule has 1 heterocycles. The maximum atomic E-state index is 12.2. The van der Waals surface area contributed by atoms with Crippen LogP contribution in [-0.2, 0) is 11.3 Å². The molecule has 0 atom stereocenters. The van der Waals surface area contributed by atoms with Crippen LogP contribution in [0.3, 0.4) is 0 Å². The van der Waals surface area contributed by atoms with E-state index in [0.29, 0.717) is 4.80 Å². The molecule has 2 N–H and O–H groups in total. The summed E-state index contributed by atoms with van der Waals surface area (Å²) >= 11 is 1.30. The fourth-order valence-electron chi connectivity index (χ4n) is 2.23. The Morgan fingerprint density at radius 1 is 1.09 bits per heavy atom. The number of carbonyl (C=O) groups is 1. The first kappa shape index (κ1) is 17.0. The highest BCUT2D eigenvalue weighted by Crippen LogP contribution is 2.27. The first-order valence-electron chi connectivity index (χ1n) is 6.87. The van der Waals surface area contributed by atoms with Gasteiger partial charge in [-0.1, -0.05) is 48.5 Å². The number of anilines is 1. The van der Waals surface area contributed by atoms with Crippen molar-refractivity contribution in [2.75, 3.05) is 5.32 Å². The zero-order valence-electron chi connectivity index (χ0n) is 12.2. The molecular weight excluding hydrogens is 330 g/mol. The Balaban J connectivity index is 0.00000192. The van der Waals surface area contributed by atoms with Crippen molar-refractivity contribution < 1.29 is 17.2 Å². The molecule has 3 rings (SSSR count). The molecule has 1 amide bonds. The van der Waals surface area contributed by atoms with Crippen LogP contribution in [-0.4, -0.2) is 10.5 Å². The van der Waals surface area contributed by atoms with Crippen molar-refractivity contribution in [3.05, 3.63) is 71.0 Å². The van der Waals surface area contributed by atoms with Crippen LogP contribution in [0.4, 0.5) is 5.69 Å². The van der Waals surface area contributed by atoms with Gasteiger partial charge in [0.15, 0.2) is 4.80 Å². The van der Waals surface area contributed by atoms with E-state index in [1.165, 1.54) is 11.3 Å². The number of nitrogens with zero attached hydrogens (tertiary/aromatic N) is 1. The maximum Gasteiger partial charge on any atom is 0.244 e. The third kappa shape index (κ3) is 4.09. The smallest absolute Gasteiger partial charge is 0.244 e. The minimum atomic E-state index is -0.139. The van der Waals surface area contributed by atoms with Crippen LogP contribution < -0.4 is 22.5 Å². The largest absolute Gasteiger partial charge is 1.00 e. The molecule has 0 aliphatic heterocycles. The van der Waals surface area contributed by atoms with Crippen molar-refractivity contribution in [1.82, 2.24) is 4.57 Å². The molecule has 0 spiro atoms. The van der Waals surface area contributed by atoms with E-state index in [4.69, 9.17) is 5.41 Å². The summed E-state index contributed by atoms with van der Waals surface area (Å²) in [4.78, 5) is 12.6. The highest BCUT2D eigenvalue weighted by molar-refractivity contribution is 7.06. The molecule has 0 aliphatic carbocycles.